The normalized spacial score (nSPS) is 28.4. The van der Waals surface area contributed by atoms with Crippen LogP contribution in [0.5, 0.6) is 0 Å². The third-order valence-corrected chi connectivity index (χ3v) is 6.71. The van der Waals surface area contributed by atoms with Crippen molar-refractivity contribution >= 4 is 10.0 Å². The molecule has 1 heterocycles. The van der Waals surface area contributed by atoms with Crippen molar-refractivity contribution in [2.75, 3.05) is 6.54 Å². The molecule has 0 radical (unpaired) electrons. The molecule has 1 aromatic rings. The van der Waals surface area contributed by atoms with Gasteiger partial charge >= 0.3 is 0 Å². The van der Waals surface area contributed by atoms with Crippen LogP contribution in [0.25, 0.3) is 0 Å². The highest BCUT2D eigenvalue weighted by Gasteiger charge is 2.42. The molecule has 3 rings (SSSR count). The van der Waals surface area contributed by atoms with E-state index < -0.39 is 10.0 Å². The Hall–Kier alpha value is -0.920. The van der Waals surface area contributed by atoms with E-state index in [1.54, 1.807) is 18.5 Å². The van der Waals surface area contributed by atoms with E-state index in [4.69, 9.17) is 5.73 Å². The van der Waals surface area contributed by atoms with Gasteiger partial charge in [0.25, 0.3) is 0 Å². The minimum Gasteiger partial charge on any atom is -0.329 e. The van der Waals surface area contributed by atoms with Crippen molar-refractivity contribution in [3.8, 4) is 0 Å². The summed E-state index contributed by atoms with van der Waals surface area (Å²) in [5.41, 5.74) is 6.77. The molecule has 0 amide bonds. The molecule has 0 aliphatic heterocycles. The second-order valence-electron chi connectivity index (χ2n) is 6.41. The average molecular weight is 312 g/mol. The Labute approximate surface area is 126 Å². The van der Waals surface area contributed by atoms with Crippen molar-refractivity contribution < 1.29 is 8.42 Å². The summed E-state index contributed by atoms with van der Waals surface area (Å²) in [6, 6.07) is 0.102. The molecule has 7 heteroatoms. The van der Waals surface area contributed by atoms with Gasteiger partial charge in [-0.1, -0.05) is 6.42 Å². The van der Waals surface area contributed by atoms with Gasteiger partial charge in [0.05, 0.1) is 17.9 Å². The summed E-state index contributed by atoms with van der Waals surface area (Å²) in [5.74, 6) is 1.23. The molecule has 3 unspecified atom stereocenters. The third kappa shape index (κ3) is 2.62. The smallest absolute Gasteiger partial charge is 0.244 e. The number of nitrogens with two attached hydrogens (primary N) is 1. The van der Waals surface area contributed by atoms with E-state index in [0.717, 1.165) is 12.8 Å². The number of nitrogens with one attached hydrogen (secondary N) is 1. The summed E-state index contributed by atoms with van der Waals surface area (Å²) < 4.78 is 30.1. The van der Waals surface area contributed by atoms with Gasteiger partial charge in [-0.05, 0) is 44.9 Å². The number of aryl methyl sites for hydroxylation is 1. The molecule has 21 heavy (non-hydrogen) atoms. The molecule has 118 valence electrons. The van der Waals surface area contributed by atoms with Crippen molar-refractivity contribution in [1.82, 2.24) is 14.5 Å². The molecule has 3 N–H and O–H groups in total. The molecule has 2 aliphatic rings. The van der Waals surface area contributed by atoms with E-state index in [-0.39, 0.29) is 6.04 Å². The Balaban J connectivity index is 1.85. The van der Waals surface area contributed by atoms with Crippen LogP contribution in [0.1, 0.15) is 37.1 Å². The first-order chi connectivity index (χ1) is 9.92. The van der Waals surface area contributed by atoms with Gasteiger partial charge in [0.15, 0.2) is 0 Å². The number of sulfonamides is 1. The lowest BCUT2D eigenvalue weighted by atomic mass is 9.96. The molecule has 2 saturated carbocycles. The monoisotopic (exact) mass is 312 g/mol. The Morgan fingerprint density at radius 3 is 2.67 bits per heavy atom. The topological polar surface area (TPSA) is 90.0 Å². The Morgan fingerprint density at radius 1 is 1.33 bits per heavy atom. The molecule has 1 aromatic heterocycles. The lowest BCUT2D eigenvalue weighted by Gasteiger charge is -2.22. The van der Waals surface area contributed by atoms with Gasteiger partial charge in [0.1, 0.15) is 4.90 Å². The fourth-order valence-electron chi connectivity index (χ4n) is 4.06. The Bertz CT molecular complexity index is 638. The summed E-state index contributed by atoms with van der Waals surface area (Å²) in [6.45, 7) is 4.53. The number of hydrogen-bond donors (Lipinski definition) is 2. The maximum absolute atomic E-state index is 12.7. The number of hydrogen-bond acceptors (Lipinski definition) is 4. The predicted molar refractivity (Wildman–Crippen MR) is 80.3 cm³/mol. The summed E-state index contributed by atoms with van der Waals surface area (Å²) in [7, 11) is -3.50. The first kappa shape index (κ1) is 15.0. The van der Waals surface area contributed by atoms with Gasteiger partial charge in [-0.15, -0.1) is 0 Å². The van der Waals surface area contributed by atoms with Crippen LogP contribution in [0.4, 0.5) is 0 Å². The first-order valence-corrected chi connectivity index (χ1v) is 9.17. The van der Waals surface area contributed by atoms with E-state index in [0.29, 0.717) is 41.2 Å². The Kier molecular flexibility index (Phi) is 3.83. The quantitative estimate of drug-likeness (QED) is 0.846. The molecule has 2 fully saturated rings. The van der Waals surface area contributed by atoms with Gasteiger partial charge in [0.2, 0.25) is 10.0 Å². The van der Waals surface area contributed by atoms with Crippen LogP contribution in [-0.2, 0) is 16.6 Å². The van der Waals surface area contributed by atoms with E-state index in [9.17, 15) is 8.42 Å². The number of nitrogens with zero attached hydrogens (tertiary/aromatic N) is 2. The van der Waals surface area contributed by atoms with Crippen molar-refractivity contribution in [2.45, 2.75) is 57.0 Å². The summed E-state index contributed by atoms with van der Waals surface area (Å²) in [5, 5.41) is 4.31. The largest absolute Gasteiger partial charge is 0.329 e. The average Bonchev–Trinajstić information content (AvgIpc) is 3.05. The molecule has 0 aromatic carbocycles. The molecule has 0 saturated heterocycles. The minimum absolute atomic E-state index is 0.102. The third-order valence-electron chi connectivity index (χ3n) is 4.97. The van der Waals surface area contributed by atoms with Crippen molar-refractivity contribution in [3.63, 3.8) is 0 Å². The number of rotatable bonds is 5. The summed E-state index contributed by atoms with van der Waals surface area (Å²) >= 11 is 0. The molecule has 3 atom stereocenters. The molecule has 6 nitrogen and oxygen atoms in total. The molecule has 0 spiro atoms. The van der Waals surface area contributed by atoms with Crippen molar-refractivity contribution in [2.24, 2.45) is 17.6 Å². The van der Waals surface area contributed by atoms with Crippen LogP contribution >= 0.6 is 0 Å². The fourth-order valence-corrected chi connectivity index (χ4v) is 5.79. The highest BCUT2D eigenvalue weighted by atomic mass is 32.2. The van der Waals surface area contributed by atoms with Crippen molar-refractivity contribution in [3.05, 3.63) is 11.4 Å². The number of fused-ring (bicyclic) bond motifs is 2. The second kappa shape index (κ2) is 5.37. The van der Waals surface area contributed by atoms with E-state index in [2.05, 4.69) is 9.82 Å². The van der Waals surface area contributed by atoms with Gasteiger partial charge in [-0.25, -0.2) is 13.1 Å². The standard InChI is InChI=1S/C14H24N4O2S/c1-9-14(10(2)18(16-9)6-5-15)21(19,20)17-13-8-11-3-4-12(13)7-11/h11-13,17H,3-8,15H2,1-2H3. The van der Waals surface area contributed by atoms with E-state index in [1.165, 1.54) is 12.8 Å². The van der Waals surface area contributed by atoms with E-state index in [1.807, 2.05) is 0 Å². The zero-order valence-corrected chi connectivity index (χ0v) is 13.5. The van der Waals surface area contributed by atoms with Gasteiger partial charge in [0, 0.05) is 12.6 Å². The molecular weight excluding hydrogens is 288 g/mol. The zero-order chi connectivity index (χ0) is 15.2. The van der Waals surface area contributed by atoms with E-state index >= 15 is 0 Å². The Morgan fingerprint density at radius 2 is 2.10 bits per heavy atom. The first-order valence-electron chi connectivity index (χ1n) is 7.68. The second-order valence-corrected chi connectivity index (χ2v) is 8.07. The van der Waals surface area contributed by atoms with Crippen LogP contribution in [0.15, 0.2) is 4.90 Å². The zero-order valence-electron chi connectivity index (χ0n) is 12.7. The molecule has 2 aliphatic carbocycles. The van der Waals surface area contributed by atoms with Gasteiger partial charge in [-0.3, -0.25) is 4.68 Å². The van der Waals surface area contributed by atoms with Crippen LogP contribution in [-0.4, -0.2) is 30.8 Å². The van der Waals surface area contributed by atoms with Crippen LogP contribution in [0.2, 0.25) is 0 Å². The fraction of sp³-hybridized carbons (Fsp3) is 0.786. The molecular formula is C14H24N4O2S. The lowest BCUT2D eigenvalue weighted by molar-refractivity contribution is 0.390. The number of aromatic nitrogens is 2. The van der Waals surface area contributed by atoms with Gasteiger partial charge in [-0.2, -0.15) is 5.10 Å². The van der Waals surface area contributed by atoms with Crippen molar-refractivity contribution in [1.29, 1.82) is 0 Å². The van der Waals surface area contributed by atoms with Gasteiger partial charge < -0.3 is 5.73 Å². The predicted octanol–water partition coefficient (Wildman–Crippen LogP) is 0.926. The van der Waals surface area contributed by atoms with Crippen LogP contribution in [0, 0.1) is 25.7 Å². The lowest BCUT2D eigenvalue weighted by Crippen LogP contribution is -2.38. The van der Waals surface area contributed by atoms with Crippen LogP contribution in [0.3, 0.4) is 0 Å². The summed E-state index contributed by atoms with van der Waals surface area (Å²) in [6.07, 6.45) is 4.58. The minimum atomic E-state index is -3.50. The maximum Gasteiger partial charge on any atom is 0.244 e. The SMILES string of the molecule is Cc1nn(CCN)c(C)c1S(=O)(=O)NC1CC2CCC1C2. The highest BCUT2D eigenvalue weighted by molar-refractivity contribution is 7.89. The molecule has 2 bridgehead atoms. The highest BCUT2D eigenvalue weighted by Crippen LogP contribution is 2.44. The van der Waals surface area contributed by atoms with Crippen LogP contribution < -0.4 is 10.5 Å². The summed E-state index contributed by atoms with van der Waals surface area (Å²) in [4.78, 5) is 0.332. The maximum atomic E-state index is 12.7.